The van der Waals surface area contributed by atoms with E-state index in [1.165, 1.54) is 57.9 Å². The molecule has 0 unspecified atom stereocenters. The molecule has 2 N–H and O–H groups in total. The van der Waals surface area contributed by atoms with Gasteiger partial charge in [-0.2, -0.15) is 0 Å². The average molecular weight is 472 g/mol. The molecule has 0 bridgehead atoms. The van der Waals surface area contributed by atoms with Gasteiger partial charge in [-0.05, 0) is 80.3 Å². The zero-order chi connectivity index (χ0) is 24.8. The molecule has 0 aliphatic carbocycles. The third kappa shape index (κ3) is 6.22. The van der Waals surface area contributed by atoms with Crippen molar-refractivity contribution >= 4 is 0 Å². The van der Waals surface area contributed by atoms with Gasteiger partial charge in [-0.25, -0.2) is 0 Å². The third-order valence-electron chi connectivity index (χ3n) is 8.49. The summed E-state index contributed by atoms with van der Waals surface area (Å²) in [5.74, 6) is 0. The normalized spacial score (nSPS) is 19.6. The first-order valence-corrected chi connectivity index (χ1v) is 14.1. The van der Waals surface area contributed by atoms with Gasteiger partial charge in [0.05, 0.1) is 0 Å². The van der Waals surface area contributed by atoms with Gasteiger partial charge in [-0.15, -0.1) is 0 Å². The molecule has 0 atom stereocenters. The van der Waals surface area contributed by atoms with Gasteiger partial charge in [-0.1, -0.05) is 20.8 Å². The van der Waals surface area contributed by atoms with Crippen molar-refractivity contribution in [3.05, 3.63) is 33.4 Å². The Balaban J connectivity index is 1.92. The van der Waals surface area contributed by atoms with E-state index in [0.29, 0.717) is 18.6 Å². The Bertz CT molecular complexity index is 712. The number of hydrogen-bond donors (Lipinski definition) is 1. The van der Waals surface area contributed by atoms with Gasteiger partial charge >= 0.3 is 0 Å². The number of nitrogens with zero attached hydrogens (tertiary/aromatic N) is 4. The Hall–Kier alpha value is -0.980. The van der Waals surface area contributed by atoms with Crippen LogP contribution in [0.25, 0.3) is 0 Å². The first-order chi connectivity index (χ1) is 16.3. The molecular formula is C29H53N5. The predicted octanol–water partition coefficient (Wildman–Crippen LogP) is 3.88. The van der Waals surface area contributed by atoms with Crippen LogP contribution in [0.1, 0.15) is 81.8 Å². The predicted molar refractivity (Wildman–Crippen MR) is 146 cm³/mol. The second-order valence-corrected chi connectivity index (χ2v) is 10.9. The van der Waals surface area contributed by atoms with Crippen LogP contribution < -0.4 is 5.73 Å². The lowest BCUT2D eigenvalue weighted by atomic mass is 9.82. The molecule has 2 fully saturated rings. The highest BCUT2D eigenvalue weighted by Gasteiger charge is 2.26. The first-order valence-electron chi connectivity index (χ1n) is 14.1. The summed E-state index contributed by atoms with van der Waals surface area (Å²) in [5, 5.41) is 0. The largest absolute Gasteiger partial charge is 0.326 e. The molecule has 1 aromatic carbocycles. The molecule has 0 saturated carbocycles. The van der Waals surface area contributed by atoms with Crippen LogP contribution in [0.15, 0.2) is 0 Å². The van der Waals surface area contributed by atoms with E-state index < -0.39 is 0 Å². The third-order valence-corrected chi connectivity index (χ3v) is 8.49. The van der Waals surface area contributed by atoms with Crippen molar-refractivity contribution in [1.82, 2.24) is 19.6 Å². The van der Waals surface area contributed by atoms with Gasteiger partial charge < -0.3 is 5.73 Å². The van der Waals surface area contributed by atoms with Crippen LogP contribution in [-0.2, 0) is 38.9 Å². The minimum absolute atomic E-state index is 0.648. The van der Waals surface area contributed by atoms with E-state index in [0.717, 1.165) is 32.4 Å². The summed E-state index contributed by atoms with van der Waals surface area (Å²) in [7, 11) is 0. The smallest absolute Gasteiger partial charge is 0.0240 e. The van der Waals surface area contributed by atoms with Crippen molar-refractivity contribution < 1.29 is 0 Å². The van der Waals surface area contributed by atoms with Crippen molar-refractivity contribution in [2.75, 3.05) is 52.4 Å². The lowest BCUT2D eigenvalue weighted by Crippen LogP contribution is -2.49. The highest BCUT2D eigenvalue weighted by Crippen LogP contribution is 2.33. The molecular weight excluding hydrogens is 418 g/mol. The van der Waals surface area contributed by atoms with E-state index in [9.17, 15) is 0 Å². The summed E-state index contributed by atoms with van der Waals surface area (Å²) in [6.45, 7) is 28.6. The number of rotatable bonds is 10. The van der Waals surface area contributed by atoms with Gasteiger partial charge in [0.1, 0.15) is 0 Å². The molecule has 3 rings (SSSR count). The van der Waals surface area contributed by atoms with E-state index in [1.807, 2.05) is 0 Å². The van der Waals surface area contributed by atoms with Crippen LogP contribution in [0.5, 0.6) is 0 Å². The summed E-state index contributed by atoms with van der Waals surface area (Å²) >= 11 is 0. The summed E-state index contributed by atoms with van der Waals surface area (Å²) in [4.78, 5) is 10.6. The molecule has 2 aliphatic rings. The Morgan fingerprint density at radius 1 is 0.529 bits per heavy atom. The van der Waals surface area contributed by atoms with Gasteiger partial charge in [0, 0.05) is 84.1 Å². The number of benzene rings is 1. The van der Waals surface area contributed by atoms with Crippen molar-refractivity contribution in [1.29, 1.82) is 0 Å². The molecule has 0 amide bonds. The summed E-state index contributed by atoms with van der Waals surface area (Å²) in [6, 6.07) is 1.30. The fourth-order valence-electron chi connectivity index (χ4n) is 6.32. The monoisotopic (exact) mass is 471 g/mol. The van der Waals surface area contributed by atoms with E-state index in [1.54, 1.807) is 27.8 Å². The van der Waals surface area contributed by atoms with Crippen LogP contribution >= 0.6 is 0 Å². The van der Waals surface area contributed by atoms with Crippen LogP contribution in [0, 0.1) is 0 Å². The van der Waals surface area contributed by atoms with Crippen LogP contribution in [0.2, 0.25) is 0 Å². The highest BCUT2D eigenvalue weighted by atomic mass is 15.3. The Morgan fingerprint density at radius 3 is 1.12 bits per heavy atom. The molecule has 194 valence electrons. The fourth-order valence-corrected chi connectivity index (χ4v) is 6.32. The van der Waals surface area contributed by atoms with Gasteiger partial charge in [0.25, 0.3) is 0 Å². The van der Waals surface area contributed by atoms with Crippen LogP contribution in [0.3, 0.4) is 0 Å². The van der Waals surface area contributed by atoms with E-state index >= 15 is 0 Å². The molecule has 0 aromatic heterocycles. The molecule has 0 radical (unpaired) electrons. The van der Waals surface area contributed by atoms with E-state index in [-0.39, 0.29) is 0 Å². The fraction of sp³-hybridized carbons (Fsp3) is 0.793. The molecule has 34 heavy (non-hydrogen) atoms. The summed E-state index contributed by atoms with van der Waals surface area (Å²) in [5.41, 5.74) is 15.9. The maximum Gasteiger partial charge on any atom is 0.0240 e. The molecule has 2 heterocycles. The minimum Gasteiger partial charge on any atom is -0.326 e. The van der Waals surface area contributed by atoms with Crippen LogP contribution in [-0.4, -0.2) is 84.0 Å². The van der Waals surface area contributed by atoms with Crippen molar-refractivity contribution in [3.63, 3.8) is 0 Å². The Labute approximate surface area is 210 Å². The number of nitrogens with two attached hydrogens (primary N) is 1. The number of hydrogen-bond acceptors (Lipinski definition) is 5. The second kappa shape index (κ2) is 12.8. The van der Waals surface area contributed by atoms with Gasteiger partial charge in [0.15, 0.2) is 0 Å². The summed E-state index contributed by atoms with van der Waals surface area (Å²) < 4.78 is 0. The standard InChI is InChI=1S/C29H53N5/c1-8-24-27(19-30)25(9-2)29(21-32-13-17-34(18-14-32)23(6)7)26(10-3)28(24)20-31-11-15-33(16-12-31)22(4)5/h22-23H,8-21,30H2,1-7H3. The lowest BCUT2D eigenvalue weighted by Gasteiger charge is -2.39. The van der Waals surface area contributed by atoms with Gasteiger partial charge in [0.2, 0.25) is 0 Å². The lowest BCUT2D eigenvalue weighted by molar-refractivity contribution is 0.102. The maximum atomic E-state index is 6.46. The minimum atomic E-state index is 0.648. The molecule has 2 aliphatic heterocycles. The van der Waals surface area contributed by atoms with Crippen molar-refractivity contribution in [2.24, 2.45) is 5.73 Å². The zero-order valence-corrected chi connectivity index (χ0v) is 23.4. The van der Waals surface area contributed by atoms with E-state index in [2.05, 4.69) is 68.1 Å². The van der Waals surface area contributed by atoms with E-state index in [4.69, 9.17) is 5.73 Å². The topological polar surface area (TPSA) is 39.0 Å². The number of piperazine rings is 2. The maximum absolute atomic E-state index is 6.46. The van der Waals surface area contributed by atoms with Crippen molar-refractivity contribution in [2.45, 2.75) is 99.4 Å². The quantitative estimate of drug-likeness (QED) is 0.561. The van der Waals surface area contributed by atoms with Crippen LogP contribution in [0.4, 0.5) is 0 Å². The second-order valence-electron chi connectivity index (χ2n) is 10.9. The highest BCUT2D eigenvalue weighted by molar-refractivity contribution is 5.52. The summed E-state index contributed by atoms with van der Waals surface area (Å²) in [6.07, 6.45) is 3.29. The van der Waals surface area contributed by atoms with Crippen molar-refractivity contribution in [3.8, 4) is 0 Å². The molecule has 0 spiro atoms. The van der Waals surface area contributed by atoms with Gasteiger partial charge in [-0.3, -0.25) is 19.6 Å². The molecule has 2 saturated heterocycles. The Kier molecular flexibility index (Phi) is 10.4. The Morgan fingerprint density at radius 2 is 0.853 bits per heavy atom. The zero-order valence-electron chi connectivity index (χ0n) is 23.4. The SMILES string of the molecule is CCc1c(CN)c(CC)c(CN2CCN(C(C)C)CC2)c(CC)c1CN1CCN(C(C)C)CC1. The molecule has 5 nitrogen and oxygen atoms in total. The molecule has 5 heteroatoms. The average Bonchev–Trinajstić information content (AvgIpc) is 2.84. The first kappa shape index (κ1) is 27.6. The molecule has 1 aromatic rings.